The third kappa shape index (κ3) is 3.68. The van der Waals surface area contributed by atoms with Gasteiger partial charge in [-0.1, -0.05) is 0 Å². The smallest absolute Gasteiger partial charge is 0.264 e. The quantitative estimate of drug-likeness (QED) is 0.891. The Hall–Kier alpha value is -2.12. The zero-order valence-corrected chi connectivity index (χ0v) is 15.3. The van der Waals surface area contributed by atoms with Crippen molar-refractivity contribution in [2.75, 3.05) is 26.3 Å². The lowest BCUT2D eigenvalue weighted by atomic mass is 9.87. The number of hydrogen-bond donors (Lipinski definition) is 1. The molecule has 26 heavy (non-hydrogen) atoms. The van der Waals surface area contributed by atoms with Crippen molar-refractivity contribution in [3.63, 3.8) is 0 Å². The van der Waals surface area contributed by atoms with Gasteiger partial charge in [0.2, 0.25) is 5.91 Å². The van der Waals surface area contributed by atoms with Crippen LogP contribution in [0.25, 0.3) is 0 Å². The molecule has 0 aromatic carbocycles. The van der Waals surface area contributed by atoms with Gasteiger partial charge in [0.05, 0.1) is 30.9 Å². The van der Waals surface area contributed by atoms with Gasteiger partial charge in [-0.3, -0.25) is 9.59 Å². The second kappa shape index (κ2) is 7.63. The number of aryl methyl sites for hydroxylation is 1. The molecule has 0 bridgehead atoms. The van der Waals surface area contributed by atoms with Crippen molar-refractivity contribution >= 4 is 23.2 Å². The van der Waals surface area contributed by atoms with E-state index in [1.165, 1.54) is 4.88 Å². The van der Waals surface area contributed by atoms with Crippen molar-refractivity contribution < 1.29 is 18.7 Å². The number of ether oxygens (including phenoxy) is 1. The summed E-state index contributed by atoms with van der Waals surface area (Å²) in [7, 11) is 0. The molecule has 3 heterocycles. The van der Waals surface area contributed by atoms with Gasteiger partial charge >= 0.3 is 0 Å². The Balaban J connectivity index is 1.38. The first-order chi connectivity index (χ1) is 12.7. The number of carbonyl (C=O) groups excluding carboxylic acids is 2. The van der Waals surface area contributed by atoms with Crippen molar-refractivity contribution in [3.05, 3.63) is 45.5 Å². The fourth-order valence-electron chi connectivity index (χ4n) is 3.51. The SMILES string of the molecule is O=C(NCc1ccco1)[C@H]1CCc2sc(C(=O)N3CCOCC3)cc2C1. The van der Waals surface area contributed by atoms with Gasteiger partial charge in [0, 0.05) is 23.9 Å². The average molecular weight is 374 g/mol. The fraction of sp³-hybridized carbons (Fsp3) is 0.474. The molecule has 1 fully saturated rings. The predicted molar refractivity (Wildman–Crippen MR) is 97.1 cm³/mol. The van der Waals surface area contributed by atoms with Crippen LogP contribution in [0.3, 0.4) is 0 Å². The second-order valence-corrected chi connectivity index (χ2v) is 7.84. The van der Waals surface area contributed by atoms with Crippen LogP contribution in [0.5, 0.6) is 0 Å². The molecule has 0 saturated carbocycles. The predicted octanol–water partition coefficient (Wildman–Crippen LogP) is 2.23. The maximum atomic E-state index is 12.7. The summed E-state index contributed by atoms with van der Waals surface area (Å²) >= 11 is 1.58. The molecule has 6 nitrogen and oxygen atoms in total. The Labute approximate surface area is 156 Å². The molecule has 7 heteroatoms. The molecule has 1 saturated heterocycles. The summed E-state index contributed by atoms with van der Waals surface area (Å²) in [6, 6.07) is 5.65. The largest absolute Gasteiger partial charge is 0.467 e. The Bertz CT molecular complexity index is 778. The molecule has 138 valence electrons. The first-order valence-corrected chi connectivity index (χ1v) is 9.81. The van der Waals surface area contributed by atoms with Crippen LogP contribution in [0, 0.1) is 5.92 Å². The number of nitrogens with one attached hydrogen (secondary N) is 1. The monoisotopic (exact) mass is 374 g/mol. The zero-order valence-electron chi connectivity index (χ0n) is 14.5. The van der Waals surface area contributed by atoms with E-state index in [1.54, 1.807) is 17.6 Å². The molecule has 1 atom stereocenters. The lowest BCUT2D eigenvalue weighted by molar-refractivity contribution is -0.125. The fourth-order valence-corrected chi connectivity index (χ4v) is 4.68. The minimum atomic E-state index is -0.0431. The van der Waals surface area contributed by atoms with Crippen LogP contribution in [0.15, 0.2) is 28.9 Å². The van der Waals surface area contributed by atoms with E-state index in [1.807, 2.05) is 23.1 Å². The molecule has 1 aliphatic heterocycles. The molecule has 0 spiro atoms. The van der Waals surface area contributed by atoms with Crippen molar-refractivity contribution in [1.29, 1.82) is 0 Å². The minimum Gasteiger partial charge on any atom is -0.467 e. The summed E-state index contributed by atoms with van der Waals surface area (Å²) in [6.45, 7) is 2.93. The van der Waals surface area contributed by atoms with Crippen molar-refractivity contribution in [1.82, 2.24) is 10.2 Å². The Morgan fingerprint density at radius 2 is 2.15 bits per heavy atom. The van der Waals surface area contributed by atoms with Crippen LogP contribution in [0.1, 0.15) is 32.3 Å². The van der Waals surface area contributed by atoms with Crippen LogP contribution in [0.4, 0.5) is 0 Å². The topological polar surface area (TPSA) is 71.8 Å². The van der Waals surface area contributed by atoms with Crippen LogP contribution >= 0.6 is 11.3 Å². The third-order valence-corrected chi connectivity index (χ3v) is 6.20. The van der Waals surface area contributed by atoms with Crippen LogP contribution < -0.4 is 5.32 Å². The number of hydrogen-bond acceptors (Lipinski definition) is 5. The highest BCUT2D eigenvalue weighted by molar-refractivity contribution is 7.14. The van der Waals surface area contributed by atoms with Gasteiger partial charge in [0.25, 0.3) is 5.91 Å². The lowest BCUT2D eigenvalue weighted by Gasteiger charge is -2.26. The summed E-state index contributed by atoms with van der Waals surface area (Å²) in [6.07, 6.45) is 3.98. The summed E-state index contributed by atoms with van der Waals surface area (Å²) < 4.78 is 10.6. The van der Waals surface area contributed by atoms with Gasteiger partial charge in [-0.05, 0) is 43.0 Å². The number of fused-ring (bicyclic) bond motifs is 1. The second-order valence-electron chi connectivity index (χ2n) is 6.70. The molecule has 1 aliphatic carbocycles. The Morgan fingerprint density at radius 3 is 2.92 bits per heavy atom. The van der Waals surface area contributed by atoms with Gasteiger partial charge in [0.1, 0.15) is 5.76 Å². The molecule has 2 amide bonds. The van der Waals surface area contributed by atoms with Gasteiger partial charge in [0.15, 0.2) is 0 Å². The summed E-state index contributed by atoms with van der Waals surface area (Å²) in [4.78, 5) is 29.0. The summed E-state index contributed by atoms with van der Waals surface area (Å²) in [5.74, 6) is 0.855. The van der Waals surface area contributed by atoms with E-state index in [2.05, 4.69) is 5.32 Å². The van der Waals surface area contributed by atoms with Crippen LogP contribution in [-0.2, 0) is 28.9 Å². The standard InChI is InChI=1S/C19H22N2O4S/c22-18(20-12-15-2-1-7-25-15)13-3-4-16-14(10-13)11-17(26-16)19(23)21-5-8-24-9-6-21/h1-2,7,11,13H,3-6,8-10,12H2,(H,20,22)/t13-/m0/s1. The first-order valence-electron chi connectivity index (χ1n) is 8.99. The van der Waals surface area contributed by atoms with Crippen molar-refractivity contribution in [2.45, 2.75) is 25.8 Å². The maximum Gasteiger partial charge on any atom is 0.264 e. The van der Waals surface area contributed by atoms with Crippen LogP contribution in [-0.4, -0.2) is 43.0 Å². The number of morpholine rings is 1. The zero-order chi connectivity index (χ0) is 17.9. The number of furan rings is 1. The number of thiophene rings is 1. The van der Waals surface area contributed by atoms with E-state index < -0.39 is 0 Å². The van der Waals surface area contributed by atoms with E-state index >= 15 is 0 Å². The van der Waals surface area contributed by atoms with E-state index in [0.29, 0.717) is 39.3 Å². The highest BCUT2D eigenvalue weighted by Crippen LogP contribution is 2.33. The highest BCUT2D eigenvalue weighted by Gasteiger charge is 2.28. The summed E-state index contributed by atoms with van der Waals surface area (Å²) in [5.41, 5.74) is 1.15. The molecule has 1 N–H and O–H groups in total. The van der Waals surface area contributed by atoms with E-state index in [9.17, 15) is 9.59 Å². The number of amides is 2. The molecular weight excluding hydrogens is 352 g/mol. The molecule has 0 radical (unpaired) electrons. The minimum absolute atomic E-state index is 0.0431. The Morgan fingerprint density at radius 1 is 1.31 bits per heavy atom. The van der Waals surface area contributed by atoms with E-state index in [0.717, 1.165) is 29.0 Å². The van der Waals surface area contributed by atoms with Gasteiger partial charge in [-0.15, -0.1) is 11.3 Å². The van der Waals surface area contributed by atoms with Gasteiger partial charge < -0.3 is 19.4 Å². The number of rotatable bonds is 4. The number of nitrogens with zero attached hydrogens (tertiary/aromatic N) is 1. The molecule has 4 rings (SSSR count). The van der Waals surface area contributed by atoms with Crippen LogP contribution in [0.2, 0.25) is 0 Å². The van der Waals surface area contributed by atoms with E-state index in [4.69, 9.17) is 9.15 Å². The molecule has 2 aliphatic rings. The molecule has 2 aromatic rings. The lowest BCUT2D eigenvalue weighted by Crippen LogP contribution is -2.40. The average Bonchev–Trinajstić information content (AvgIpc) is 3.35. The Kier molecular flexibility index (Phi) is 5.08. The normalized spacial score (nSPS) is 19.8. The van der Waals surface area contributed by atoms with Gasteiger partial charge in [-0.25, -0.2) is 0 Å². The van der Waals surface area contributed by atoms with Crippen molar-refractivity contribution in [2.24, 2.45) is 5.92 Å². The highest BCUT2D eigenvalue weighted by atomic mass is 32.1. The number of carbonyl (C=O) groups is 2. The third-order valence-electron chi connectivity index (χ3n) is 4.98. The van der Waals surface area contributed by atoms with E-state index in [-0.39, 0.29) is 17.7 Å². The van der Waals surface area contributed by atoms with Crippen molar-refractivity contribution in [3.8, 4) is 0 Å². The summed E-state index contributed by atoms with van der Waals surface area (Å²) in [5, 5.41) is 2.95. The maximum absolute atomic E-state index is 12.7. The first kappa shape index (κ1) is 17.3. The molecule has 2 aromatic heterocycles. The molecular formula is C19H22N2O4S. The molecule has 0 unspecified atom stereocenters. The van der Waals surface area contributed by atoms with Gasteiger partial charge in [-0.2, -0.15) is 0 Å².